The maximum absolute atomic E-state index is 8.70. The van der Waals surface area contributed by atoms with Crippen LogP contribution in [0.2, 0.25) is 0 Å². The monoisotopic (exact) mass is 165 g/mol. The number of nitrogens with one attached hydrogen (secondary N) is 1. The molecule has 64 valence electrons. The van der Waals surface area contributed by atoms with Crippen LogP contribution in [0.5, 0.6) is 0 Å². The Balaban J connectivity index is 2.02. The molecule has 1 aliphatic rings. The Hall–Kier alpha value is -1.16. The molecule has 1 aliphatic carbocycles. The van der Waals surface area contributed by atoms with Gasteiger partial charge in [-0.1, -0.05) is 0 Å². The number of rotatable bonds is 3. The third-order valence-corrected chi connectivity index (χ3v) is 1.80. The minimum atomic E-state index is -0.0449. The van der Waals surface area contributed by atoms with Crippen molar-refractivity contribution >= 4 is 5.82 Å². The highest BCUT2D eigenvalue weighted by atomic mass is 16.3. The highest BCUT2D eigenvalue weighted by Gasteiger charge is 2.21. The van der Waals surface area contributed by atoms with E-state index in [9.17, 15) is 0 Å². The summed E-state index contributed by atoms with van der Waals surface area (Å²) < 4.78 is 0. The van der Waals surface area contributed by atoms with Crippen LogP contribution in [0.1, 0.15) is 18.5 Å². The maximum Gasteiger partial charge on any atom is 0.144 e. The molecule has 1 aromatic rings. The zero-order valence-electron chi connectivity index (χ0n) is 6.70. The first-order valence-corrected chi connectivity index (χ1v) is 4.07. The van der Waals surface area contributed by atoms with Crippen LogP contribution in [0.25, 0.3) is 0 Å². The van der Waals surface area contributed by atoms with E-state index in [4.69, 9.17) is 5.11 Å². The SMILES string of the molecule is OCc1cnc(NC2CC2)cn1. The van der Waals surface area contributed by atoms with E-state index in [1.165, 1.54) is 12.8 Å². The fourth-order valence-corrected chi connectivity index (χ4v) is 0.948. The molecule has 4 heteroatoms. The fraction of sp³-hybridized carbons (Fsp3) is 0.500. The highest BCUT2D eigenvalue weighted by Crippen LogP contribution is 2.22. The van der Waals surface area contributed by atoms with Crippen LogP contribution < -0.4 is 5.32 Å². The predicted molar refractivity (Wildman–Crippen MR) is 44.6 cm³/mol. The van der Waals surface area contributed by atoms with Crippen LogP contribution in [-0.4, -0.2) is 21.1 Å². The van der Waals surface area contributed by atoms with Gasteiger partial charge in [0.05, 0.1) is 24.7 Å². The Labute approximate surface area is 70.7 Å². The second kappa shape index (κ2) is 3.06. The first-order chi connectivity index (χ1) is 5.88. The molecule has 0 bridgehead atoms. The largest absolute Gasteiger partial charge is 0.390 e. The van der Waals surface area contributed by atoms with Crippen LogP contribution in [0.15, 0.2) is 12.4 Å². The van der Waals surface area contributed by atoms with E-state index in [0.29, 0.717) is 11.7 Å². The molecule has 0 aliphatic heterocycles. The van der Waals surface area contributed by atoms with E-state index < -0.39 is 0 Å². The topological polar surface area (TPSA) is 58.0 Å². The van der Waals surface area contributed by atoms with Crippen molar-refractivity contribution in [2.75, 3.05) is 5.32 Å². The third kappa shape index (κ3) is 1.71. The van der Waals surface area contributed by atoms with E-state index in [0.717, 1.165) is 5.82 Å². The molecule has 4 nitrogen and oxygen atoms in total. The van der Waals surface area contributed by atoms with E-state index in [1.807, 2.05) is 0 Å². The highest BCUT2D eigenvalue weighted by molar-refractivity contribution is 5.34. The fourth-order valence-electron chi connectivity index (χ4n) is 0.948. The lowest BCUT2D eigenvalue weighted by Crippen LogP contribution is -2.04. The predicted octanol–water partition coefficient (Wildman–Crippen LogP) is 0.543. The van der Waals surface area contributed by atoms with Gasteiger partial charge in [0.25, 0.3) is 0 Å². The van der Waals surface area contributed by atoms with Crippen molar-refractivity contribution in [3.63, 3.8) is 0 Å². The molecule has 0 unspecified atom stereocenters. The summed E-state index contributed by atoms with van der Waals surface area (Å²) in [5.74, 6) is 0.801. The van der Waals surface area contributed by atoms with E-state index in [-0.39, 0.29) is 6.61 Å². The Morgan fingerprint density at radius 3 is 2.75 bits per heavy atom. The molecule has 0 atom stereocenters. The number of nitrogens with zero attached hydrogens (tertiary/aromatic N) is 2. The summed E-state index contributed by atoms with van der Waals surface area (Å²) >= 11 is 0. The number of hydrogen-bond acceptors (Lipinski definition) is 4. The molecule has 12 heavy (non-hydrogen) atoms. The van der Waals surface area contributed by atoms with E-state index in [1.54, 1.807) is 12.4 Å². The summed E-state index contributed by atoms with van der Waals surface area (Å²) in [6.07, 6.45) is 5.70. The normalized spacial score (nSPS) is 16.1. The van der Waals surface area contributed by atoms with Gasteiger partial charge in [-0.2, -0.15) is 0 Å². The van der Waals surface area contributed by atoms with Crippen molar-refractivity contribution in [3.05, 3.63) is 18.1 Å². The molecule has 1 aromatic heterocycles. The third-order valence-electron chi connectivity index (χ3n) is 1.80. The van der Waals surface area contributed by atoms with Crippen molar-refractivity contribution in [2.45, 2.75) is 25.5 Å². The lowest BCUT2D eigenvalue weighted by molar-refractivity contribution is 0.276. The molecular weight excluding hydrogens is 154 g/mol. The van der Waals surface area contributed by atoms with Gasteiger partial charge >= 0.3 is 0 Å². The van der Waals surface area contributed by atoms with Crippen LogP contribution in [0.4, 0.5) is 5.82 Å². The molecule has 0 saturated heterocycles. The molecule has 0 amide bonds. The summed E-state index contributed by atoms with van der Waals surface area (Å²) in [7, 11) is 0. The summed E-state index contributed by atoms with van der Waals surface area (Å²) in [6, 6.07) is 0.597. The average molecular weight is 165 g/mol. The van der Waals surface area contributed by atoms with Gasteiger partial charge in [-0.3, -0.25) is 4.98 Å². The molecule has 0 aromatic carbocycles. The molecular formula is C8H11N3O. The Morgan fingerprint density at radius 1 is 1.42 bits per heavy atom. The molecule has 1 fully saturated rings. The summed E-state index contributed by atoms with van der Waals surface area (Å²) in [4.78, 5) is 8.10. The van der Waals surface area contributed by atoms with Gasteiger partial charge in [0, 0.05) is 6.04 Å². The van der Waals surface area contributed by atoms with Gasteiger partial charge in [-0.05, 0) is 12.8 Å². The number of aromatic nitrogens is 2. The van der Waals surface area contributed by atoms with Crippen molar-refractivity contribution < 1.29 is 5.11 Å². The molecule has 2 rings (SSSR count). The first kappa shape index (κ1) is 7.49. The molecule has 1 heterocycles. The van der Waals surface area contributed by atoms with Crippen molar-refractivity contribution in [1.82, 2.24) is 9.97 Å². The number of hydrogen-bond donors (Lipinski definition) is 2. The molecule has 0 spiro atoms. The summed E-state index contributed by atoms with van der Waals surface area (Å²) in [5.41, 5.74) is 0.608. The zero-order valence-corrected chi connectivity index (χ0v) is 6.70. The van der Waals surface area contributed by atoms with Gasteiger partial charge in [-0.25, -0.2) is 4.98 Å². The standard InChI is InChI=1S/C8H11N3O/c12-5-7-3-10-8(4-9-7)11-6-1-2-6/h3-4,6,12H,1-2,5H2,(H,10,11). The summed E-state index contributed by atoms with van der Waals surface area (Å²) in [5, 5.41) is 11.9. The summed E-state index contributed by atoms with van der Waals surface area (Å²) in [6.45, 7) is -0.0449. The van der Waals surface area contributed by atoms with Crippen LogP contribution in [-0.2, 0) is 6.61 Å². The van der Waals surface area contributed by atoms with Crippen LogP contribution >= 0.6 is 0 Å². The van der Waals surface area contributed by atoms with Crippen LogP contribution in [0.3, 0.4) is 0 Å². The van der Waals surface area contributed by atoms with Crippen molar-refractivity contribution in [3.8, 4) is 0 Å². The Bertz CT molecular complexity index is 256. The number of aliphatic hydroxyl groups is 1. The first-order valence-electron chi connectivity index (χ1n) is 4.07. The minimum Gasteiger partial charge on any atom is -0.390 e. The maximum atomic E-state index is 8.70. The average Bonchev–Trinajstić information content (AvgIpc) is 2.90. The van der Waals surface area contributed by atoms with Gasteiger partial charge in [0.2, 0.25) is 0 Å². The van der Waals surface area contributed by atoms with Crippen molar-refractivity contribution in [1.29, 1.82) is 0 Å². The van der Waals surface area contributed by atoms with Crippen LogP contribution in [0, 0.1) is 0 Å². The second-order valence-corrected chi connectivity index (χ2v) is 2.97. The quantitative estimate of drug-likeness (QED) is 0.686. The lowest BCUT2D eigenvalue weighted by atomic mass is 10.5. The zero-order chi connectivity index (χ0) is 8.39. The Morgan fingerprint density at radius 2 is 2.25 bits per heavy atom. The van der Waals surface area contributed by atoms with Gasteiger partial charge in [-0.15, -0.1) is 0 Å². The lowest BCUT2D eigenvalue weighted by Gasteiger charge is -2.01. The van der Waals surface area contributed by atoms with Gasteiger partial charge in [0.1, 0.15) is 5.82 Å². The second-order valence-electron chi connectivity index (χ2n) is 2.97. The number of aliphatic hydroxyl groups excluding tert-OH is 1. The molecule has 2 N–H and O–H groups in total. The van der Waals surface area contributed by atoms with Crippen molar-refractivity contribution in [2.24, 2.45) is 0 Å². The van der Waals surface area contributed by atoms with E-state index in [2.05, 4.69) is 15.3 Å². The van der Waals surface area contributed by atoms with Gasteiger partial charge in [0.15, 0.2) is 0 Å². The van der Waals surface area contributed by atoms with Gasteiger partial charge < -0.3 is 10.4 Å². The minimum absolute atomic E-state index is 0.0449. The smallest absolute Gasteiger partial charge is 0.144 e. The molecule has 1 saturated carbocycles. The molecule has 0 radical (unpaired) electrons. The Kier molecular flexibility index (Phi) is 1.91. The van der Waals surface area contributed by atoms with E-state index >= 15 is 0 Å². The number of anilines is 1.